The molecule has 0 saturated heterocycles. The van der Waals surface area contributed by atoms with E-state index in [1.165, 1.54) is 18.3 Å². The molecular weight excluding hydrogens is 293 g/mol. The summed E-state index contributed by atoms with van der Waals surface area (Å²) < 4.78 is 12.9. The molecule has 0 aliphatic rings. The van der Waals surface area contributed by atoms with Gasteiger partial charge in [-0.1, -0.05) is 23.7 Å². The number of hydrogen-bond donors (Lipinski definition) is 2. The Hall–Kier alpha value is -2.14. The highest BCUT2D eigenvalue weighted by atomic mass is 35.5. The molecule has 21 heavy (non-hydrogen) atoms. The Labute approximate surface area is 127 Å². The molecule has 0 fully saturated rings. The van der Waals surface area contributed by atoms with Gasteiger partial charge in [-0.25, -0.2) is 9.37 Å². The lowest BCUT2D eigenvalue weighted by Crippen LogP contribution is -2.27. The van der Waals surface area contributed by atoms with E-state index in [1.54, 1.807) is 25.2 Å². The van der Waals surface area contributed by atoms with E-state index in [0.717, 1.165) is 5.56 Å². The Morgan fingerprint density at radius 2 is 2.00 bits per heavy atom. The molecule has 0 aliphatic heterocycles. The maximum atomic E-state index is 12.9. The van der Waals surface area contributed by atoms with Gasteiger partial charge in [0.05, 0.1) is 16.6 Å². The van der Waals surface area contributed by atoms with E-state index in [1.807, 2.05) is 6.92 Å². The molecule has 1 aromatic carbocycles. The first-order valence-electron chi connectivity index (χ1n) is 6.41. The highest BCUT2D eigenvalue weighted by Crippen LogP contribution is 2.20. The Morgan fingerprint density at radius 1 is 1.33 bits per heavy atom. The van der Waals surface area contributed by atoms with Crippen molar-refractivity contribution in [2.24, 2.45) is 0 Å². The van der Waals surface area contributed by atoms with E-state index in [4.69, 9.17) is 11.6 Å². The monoisotopic (exact) mass is 307 g/mol. The molecule has 1 atom stereocenters. The number of nitrogens with zero attached hydrogens (tertiary/aromatic N) is 1. The average molecular weight is 308 g/mol. The summed E-state index contributed by atoms with van der Waals surface area (Å²) in [6.07, 6.45) is 1.42. The van der Waals surface area contributed by atoms with Crippen LogP contribution in [0.15, 0.2) is 36.5 Å². The number of amides is 1. The van der Waals surface area contributed by atoms with E-state index in [0.29, 0.717) is 11.4 Å². The van der Waals surface area contributed by atoms with E-state index in [2.05, 4.69) is 15.6 Å². The van der Waals surface area contributed by atoms with Crippen molar-refractivity contribution < 1.29 is 9.18 Å². The van der Waals surface area contributed by atoms with Crippen LogP contribution in [-0.2, 0) is 0 Å². The molecule has 2 N–H and O–H groups in total. The number of anilines is 1. The average Bonchev–Trinajstić information content (AvgIpc) is 2.48. The van der Waals surface area contributed by atoms with Crippen molar-refractivity contribution in [2.75, 3.05) is 12.4 Å². The van der Waals surface area contributed by atoms with Gasteiger partial charge in [-0.15, -0.1) is 0 Å². The minimum atomic E-state index is -0.312. The summed E-state index contributed by atoms with van der Waals surface area (Å²) in [6, 6.07) is 7.29. The molecule has 0 saturated carbocycles. The quantitative estimate of drug-likeness (QED) is 0.910. The zero-order chi connectivity index (χ0) is 15.4. The molecule has 6 heteroatoms. The Bertz CT molecular complexity index is 646. The molecule has 0 radical (unpaired) electrons. The summed E-state index contributed by atoms with van der Waals surface area (Å²) in [4.78, 5) is 16.3. The fourth-order valence-corrected chi connectivity index (χ4v) is 2.05. The molecule has 0 spiro atoms. The van der Waals surface area contributed by atoms with Crippen LogP contribution in [0.2, 0.25) is 5.02 Å². The standard InChI is InChI=1S/C15H15ClFN3O/c1-9(10-3-5-11(17)6-4-10)20-15(21)12-7-14(18-2)19-8-13(12)16/h3-9H,1-2H3,(H,18,19)(H,20,21). The van der Waals surface area contributed by atoms with Gasteiger partial charge in [-0.3, -0.25) is 4.79 Å². The van der Waals surface area contributed by atoms with Gasteiger partial charge >= 0.3 is 0 Å². The lowest BCUT2D eigenvalue weighted by Gasteiger charge is -2.15. The third-order valence-corrected chi connectivity index (χ3v) is 3.37. The van der Waals surface area contributed by atoms with Crippen LogP contribution >= 0.6 is 11.6 Å². The van der Waals surface area contributed by atoms with E-state index in [9.17, 15) is 9.18 Å². The zero-order valence-corrected chi connectivity index (χ0v) is 12.4. The van der Waals surface area contributed by atoms with Crippen molar-refractivity contribution in [3.63, 3.8) is 0 Å². The predicted octanol–water partition coefficient (Wildman–Crippen LogP) is 3.41. The Kier molecular flexibility index (Phi) is 4.75. The van der Waals surface area contributed by atoms with Crippen LogP contribution in [0.4, 0.5) is 10.2 Å². The molecule has 4 nitrogen and oxygen atoms in total. The lowest BCUT2D eigenvalue weighted by molar-refractivity contribution is 0.0940. The second-order valence-corrected chi connectivity index (χ2v) is 4.95. The van der Waals surface area contributed by atoms with Crippen molar-refractivity contribution in [1.29, 1.82) is 0 Å². The lowest BCUT2D eigenvalue weighted by atomic mass is 10.1. The normalized spacial score (nSPS) is 11.8. The number of carbonyl (C=O) groups excluding carboxylic acids is 1. The maximum absolute atomic E-state index is 12.9. The fourth-order valence-electron chi connectivity index (χ4n) is 1.86. The van der Waals surface area contributed by atoms with Gasteiger partial charge in [-0.05, 0) is 30.7 Å². The SMILES string of the molecule is CNc1cc(C(=O)NC(C)c2ccc(F)cc2)c(Cl)cn1. The molecule has 0 aliphatic carbocycles. The van der Waals surface area contributed by atoms with E-state index in [-0.39, 0.29) is 22.8 Å². The molecule has 1 heterocycles. The van der Waals surface area contributed by atoms with Gasteiger partial charge in [0.25, 0.3) is 5.91 Å². The van der Waals surface area contributed by atoms with Crippen molar-refractivity contribution in [1.82, 2.24) is 10.3 Å². The summed E-state index contributed by atoms with van der Waals surface area (Å²) >= 11 is 6.00. The number of carbonyl (C=O) groups is 1. The Balaban J connectivity index is 2.15. The third kappa shape index (κ3) is 3.70. The number of hydrogen-bond acceptors (Lipinski definition) is 3. The van der Waals surface area contributed by atoms with Crippen LogP contribution in [0.3, 0.4) is 0 Å². The molecule has 0 bridgehead atoms. The molecular formula is C15H15ClFN3O. The predicted molar refractivity (Wildman–Crippen MR) is 81.1 cm³/mol. The van der Waals surface area contributed by atoms with Crippen LogP contribution in [0.25, 0.3) is 0 Å². The number of rotatable bonds is 4. The van der Waals surface area contributed by atoms with Crippen LogP contribution in [0, 0.1) is 5.82 Å². The van der Waals surface area contributed by atoms with Crippen molar-refractivity contribution in [3.8, 4) is 0 Å². The van der Waals surface area contributed by atoms with E-state index >= 15 is 0 Å². The first-order valence-corrected chi connectivity index (χ1v) is 6.78. The van der Waals surface area contributed by atoms with Gasteiger partial charge < -0.3 is 10.6 Å². The van der Waals surface area contributed by atoms with Crippen LogP contribution in [0.5, 0.6) is 0 Å². The summed E-state index contributed by atoms with van der Waals surface area (Å²) in [5, 5.41) is 5.95. The number of halogens is 2. The van der Waals surface area contributed by atoms with Crippen molar-refractivity contribution in [2.45, 2.75) is 13.0 Å². The fraction of sp³-hybridized carbons (Fsp3) is 0.200. The van der Waals surface area contributed by atoms with Crippen molar-refractivity contribution >= 4 is 23.3 Å². The molecule has 1 amide bonds. The Morgan fingerprint density at radius 3 is 2.62 bits per heavy atom. The topological polar surface area (TPSA) is 54.0 Å². The first-order chi connectivity index (χ1) is 10.0. The van der Waals surface area contributed by atoms with Crippen LogP contribution in [0.1, 0.15) is 28.9 Å². The maximum Gasteiger partial charge on any atom is 0.253 e. The summed E-state index contributed by atoms with van der Waals surface area (Å²) in [5.41, 5.74) is 1.15. The second kappa shape index (κ2) is 6.54. The zero-order valence-electron chi connectivity index (χ0n) is 11.7. The highest BCUT2D eigenvalue weighted by Gasteiger charge is 2.15. The van der Waals surface area contributed by atoms with Gasteiger partial charge in [-0.2, -0.15) is 0 Å². The number of aromatic nitrogens is 1. The minimum absolute atomic E-state index is 0.264. The van der Waals surface area contributed by atoms with Crippen LogP contribution in [-0.4, -0.2) is 17.9 Å². The highest BCUT2D eigenvalue weighted by molar-refractivity contribution is 6.33. The molecule has 1 unspecified atom stereocenters. The molecule has 110 valence electrons. The first kappa shape index (κ1) is 15.3. The second-order valence-electron chi connectivity index (χ2n) is 4.55. The molecule has 2 aromatic rings. The van der Waals surface area contributed by atoms with Gasteiger partial charge in [0.15, 0.2) is 0 Å². The molecule has 1 aromatic heterocycles. The van der Waals surface area contributed by atoms with Gasteiger partial charge in [0.1, 0.15) is 11.6 Å². The van der Waals surface area contributed by atoms with Gasteiger partial charge in [0, 0.05) is 13.2 Å². The summed E-state index contributed by atoms with van der Waals surface area (Å²) in [6.45, 7) is 1.82. The largest absolute Gasteiger partial charge is 0.373 e. The van der Waals surface area contributed by atoms with Gasteiger partial charge in [0.2, 0.25) is 0 Å². The van der Waals surface area contributed by atoms with Crippen molar-refractivity contribution in [3.05, 3.63) is 58.5 Å². The summed E-state index contributed by atoms with van der Waals surface area (Å²) in [7, 11) is 1.71. The molecule has 2 rings (SSSR count). The van der Waals surface area contributed by atoms with E-state index < -0.39 is 0 Å². The summed E-state index contributed by atoms with van der Waals surface area (Å²) in [5.74, 6) is -0.0668. The third-order valence-electron chi connectivity index (χ3n) is 3.07. The minimum Gasteiger partial charge on any atom is -0.373 e. The number of pyridine rings is 1. The smallest absolute Gasteiger partial charge is 0.253 e. The number of nitrogens with one attached hydrogen (secondary N) is 2. The number of benzene rings is 1. The van der Waals surface area contributed by atoms with Crippen LogP contribution < -0.4 is 10.6 Å².